The van der Waals surface area contributed by atoms with Gasteiger partial charge in [-0.15, -0.1) is 16.4 Å². The smallest absolute Gasteiger partial charge is 0.378 e. The molecule has 18 heavy (non-hydrogen) atoms. The van der Waals surface area contributed by atoms with E-state index in [-0.39, 0.29) is 12.4 Å². The predicted molar refractivity (Wildman–Crippen MR) is 70.3 cm³/mol. The lowest BCUT2D eigenvalue weighted by atomic mass is 10.3. The molecule has 2 rings (SSSR count). The quantitative estimate of drug-likeness (QED) is 0.818. The van der Waals surface area contributed by atoms with E-state index in [4.69, 9.17) is 27.9 Å². The average Bonchev–Trinajstić information content (AvgIpc) is 2.82. The molecule has 0 aliphatic carbocycles. The topological polar surface area (TPSA) is 57.0 Å². The van der Waals surface area contributed by atoms with Crippen molar-refractivity contribution in [3.05, 3.63) is 20.6 Å². The van der Waals surface area contributed by atoms with E-state index in [0.717, 1.165) is 0 Å². The van der Waals surface area contributed by atoms with Gasteiger partial charge in [-0.1, -0.05) is 23.2 Å². The number of halogens is 2. The molecule has 2 aromatic rings. The highest BCUT2D eigenvalue weighted by molar-refractivity contribution is 7.20. The van der Waals surface area contributed by atoms with Gasteiger partial charge in [-0.3, -0.25) is 0 Å². The van der Waals surface area contributed by atoms with Crippen molar-refractivity contribution in [1.82, 2.24) is 14.8 Å². The molecule has 0 saturated carbocycles. The van der Waals surface area contributed by atoms with Crippen molar-refractivity contribution in [2.45, 2.75) is 6.92 Å². The van der Waals surface area contributed by atoms with Crippen LogP contribution in [0.1, 0.15) is 17.5 Å². The lowest BCUT2D eigenvalue weighted by molar-refractivity contribution is 0.0512. The molecule has 0 amide bonds. The molecule has 0 radical (unpaired) electrons. The van der Waals surface area contributed by atoms with E-state index in [1.54, 1.807) is 20.0 Å². The molecular weight excluding hydrogens is 297 g/mol. The van der Waals surface area contributed by atoms with Gasteiger partial charge in [-0.2, -0.15) is 0 Å². The van der Waals surface area contributed by atoms with Crippen LogP contribution < -0.4 is 0 Å². The fourth-order valence-electron chi connectivity index (χ4n) is 1.39. The second kappa shape index (κ2) is 5.26. The van der Waals surface area contributed by atoms with Crippen molar-refractivity contribution in [1.29, 1.82) is 0 Å². The number of rotatable bonds is 3. The van der Waals surface area contributed by atoms with E-state index < -0.39 is 5.97 Å². The molecule has 0 fully saturated rings. The Kier molecular flexibility index (Phi) is 3.89. The van der Waals surface area contributed by atoms with Gasteiger partial charge < -0.3 is 4.74 Å². The van der Waals surface area contributed by atoms with Crippen molar-refractivity contribution in [2.24, 2.45) is 7.05 Å². The Balaban J connectivity index is 2.41. The summed E-state index contributed by atoms with van der Waals surface area (Å²) in [6.45, 7) is 1.99. The van der Waals surface area contributed by atoms with Gasteiger partial charge in [0.15, 0.2) is 5.82 Å². The number of aryl methyl sites for hydroxylation is 1. The number of aromatic nitrogens is 3. The molecule has 2 aromatic heterocycles. The minimum atomic E-state index is -0.559. The molecular formula is C10H9Cl2N3O2S. The highest BCUT2D eigenvalue weighted by atomic mass is 35.5. The summed E-state index contributed by atoms with van der Waals surface area (Å²) in [5.74, 6) is -0.0734. The molecule has 96 valence electrons. The maximum Gasteiger partial charge on any atom is 0.378 e. The van der Waals surface area contributed by atoms with Crippen LogP contribution in [-0.2, 0) is 11.8 Å². The van der Waals surface area contributed by atoms with Crippen LogP contribution in [0.3, 0.4) is 0 Å². The van der Waals surface area contributed by atoms with E-state index in [0.29, 0.717) is 20.1 Å². The Hall–Kier alpha value is -1.11. The van der Waals surface area contributed by atoms with Crippen LogP contribution in [-0.4, -0.2) is 27.3 Å². The van der Waals surface area contributed by atoms with E-state index in [1.165, 1.54) is 16.0 Å². The third kappa shape index (κ3) is 2.50. The summed E-state index contributed by atoms with van der Waals surface area (Å²) in [4.78, 5) is 15.6. The summed E-state index contributed by atoms with van der Waals surface area (Å²) in [6, 6.07) is 1.69. The highest BCUT2D eigenvalue weighted by Crippen LogP contribution is 2.37. The number of carbonyl (C=O) groups excluding carboxylic acids is 1. The largest absolute Gasteiger partial charge is 0.460 e. The van der Waals surface area contributed by atoms with E-state index >= 15 is 0 Å². The minimum Gasteiger partial charge on any atom is -0.460 e. The first-order chi connectivity index (χ1) is 8.52. The van der Waals surface area contributed by atoms with Crippen molar-refractivity contribution in [3.8, 4) is 11.4 Å². The molecule has 0 aromatic carbocycles. The standard InChI is InChI=1S/C10H9Cl2N3O2S/c1-3-17-10(16)8-13-9(15(2)14-8)5-4-6(11)18-7(5)12/h4H,3H2,1-2H3. The molecule has 0 bridgehead atoms. The number of hydrogen-bond acceptors (Lipinski definition) is 5. The van der Waals surface area contributed by atoms with E-state index in [9.17, 15) is 4.79 Å². The van der Waals surface area contributed by atoms with Gasteiger partial charge in [0, 0.05) is 7.05 Å². The van der Waals surface area contributed by atoms with Crippen molar-refractivity contribution in [3.63, 3.8) is 0 Å². The molecule has 0 atom stereocenters. The molecule has 0 aliphatic rings. The first kappa shape index (κ1) is 13.3. The number of ether oxygens (including phenoxy) is 1. The van der Waals surface area contributed by atoms with Gasteiger partial charge in [0.1, 0.15) is 4.34 Å². The number of hydrogen-bond donors (Lipinski definition) is 0. The Morgan fingerprint density at radius 2 is 2.28 bits per heavy atom. The van der Waals surface area contributed by atoms with Gasteiger partial charge >= 0.3 is 5.97 Å². The predicted octanol–water partition coefficient (Wildman–Crippen LogP) is 3.03. The van der Waals surface area contributed by atoms with Crippen LogP contribution in [0.15, 0.2) is 6.07 Å². The van der Waals surface area contributed by atoms with Crippen LogP contribution in [0.2, 0.25) is 8.67 Å². The third-order valence-corrected chi connectivity index (χ3v) is 3.61. The summed E-state index contributed by atoms with van der Waals surface area (Å²) in [5, 5.41) is 3.99. The fraction of sp³-hybridized carbons (Fsp3) is 0.300. The van der Waals surface area contributed by atoms with Crippen LogP contribution in [0.5, 0.6) is 0 Å². The Morgan fingerprint density at radius 1 is 1.56 bits per heavy atom. The minimum absolute atomic E-state index is 0.00717. The Morgan fingerprint density at radius 3 is 2.83 bits per heavy atom. The molecule has 2 heterocycles. The summed E-state index contributed by atoms with van der Waals surface area (Å²) >= 11 is 13.1. The first-order valence-corrected chi connectivity index (χ1v) is 6.63. The number of esters is 1. The van der Waals surface area contributed by atoms with Crippen LogP contribution in [0.25, 0.3) is 11.4 Å². The summed E-state index contributed by atoms with van der Waals surface area (Å²) < 4.78 is 7.36. The van der Waals surface area contributed by atoms with Gasteiger partial charge in [0.05, 0.1) is 16.5 Å². The van der Waals surface area contributed by atoms with E-state index in [2.05, 4.69) is 10.1 Å². The van der Waals surface area contributed by atoms with Gasteiger partial charge in [0.25, 0.3) is 5.82 Å². The van der Waals surface area contributed by atoms with Crippen molar-refractivity contribution < 1.29 is 9.53 Å². The monoisotopic (exact) mass is 305 g/mol. The zero-order valence-corrected chi connectivity index (χ0v) is 11.9. The number of nitrogens with zero attached hydrogens (tertiary/aromatic N) is 3. The normalized spacial score (nSPS) is 10.7. The maximum atomic E-state index is 11.5. The van der Waals surface area contributed by atoms with E-state index in [1.807, 2.05) is 0 Å². The lowest BCUT2D eigenvalue weighted by Gasteiger charge is -1.95. The summed E-state index contributed by atoms with van der Waals surface area (Å²) in [7, 11) is 1.67. The summed E-state index contributed by atoms with van der Waals surface area (Å²) in [5.41, 5.74) is 0.650. The second-order valence-corrected chi connectivity index (χ2v) is 5.63. The molecule has 0 saturated heterocycles. The highest BCUT2D eigenvalue weighted by Gasteiger charge is 2.19. The average molecular weight is 306 g/mol. The molecule has 5 nitrogen and oxygen atoms in total. The Bertz CT molecular complexity index is 594. The number of carbonyl (C=O) groups is 1. The zero-order valence-electron chi connectivity index (χ0n) is 9.61. The first-order valence-electron chi connectivity index (χ1n) is 5.06. The van der Waals surface area contributed by atoms with Crippen molar-refractivity contribution in [2.75, 3.05) is 6.61 Å². The van der Waals surface area contributed by atoms with Crippen LogP contribution in [0, 0.1) is 0 Å². The van der Waals surface area contributed by atoms with Crippen LogP contribution in [0.4, 0.5) is 0 Å². The molecule has 0 N–H and O–H groups in total. The molecule has 0 aliphatic heterocycles. The Labute approximate surface area is 117 Å². The molecule has 0 spiro atoms. The second-order valence-electron chi connectivity index (χ2n) is 3.34. The molecule has 0 unspecified atom stereocenters. The van der Waals surface area contributed by atoms with Gasteiger partial charge in [-0.05, 0) is 13.0 Å². The van der Waals surface area contributed by atoms with Crippen LogP contribution >= 0.6 is 34.5 Å². The zero-order chi connectivity index (χ0) is 13.3. The van der Waals surface area contributed by atoms with Gasteiger partial charge in [-0.25, -0.2) is 14.5 Å². The number of thiophene rings is 1. The third-order valence-electron chi connectivity index (χ3n) is 2.12. The van der Waals surface area contributed by atoms with Crippen molar-refractivity contribution >= 4 is 40.5 Å². The SMILES string of the molecule is CCOC(=O)c1nc(-c2cc(Cl)sc2Cl)n(C)n1. The van der Waals surface area contributed by atoms with Gasteiger partial charge in [0.2, 0.25) is 0 Å². The fourth-order valence-corrected chi connectivity index (χ4v) is 2.85. The lowest BCUT2D eigenvalue weighted by Crippen LogP contribution is -2.07. The summed E-state index contributed by atoms with van der Waals surface area (Å²) in [6.07, 6.45) is 0. The maximum absolute atomic E-state index is 11.5. The molecule has 8 heteroatoms.